The predicted molar refractivity (Wildman–Crippen MR) is 87.0 cm³/mol. The molecule has 0 saturated carbocycles. The van der Waals surface area contributed by atoms with Crippen molar-refractivity contribution in [2.24, 2.45) is 5.92 Å². The summed E-state index contributed by atoms with van der Waals surface area (Å²) in [6, 6.07) is 14.0. The fraction of sp³-hybridized carbons (Fsp3) is 0.278. The number of hydrogen-bond donors (Lipinski definition) is 2. The smallest absolute Gasteiger partial charge is 0.236 e. The molecule has 0 aliphatic carbocycles. The minimum Gasteiger partial charge on any atom is -0.489 e. The van der Waals surface area contributed by atoms with Crippen molar-refractivity contribution in [3.05, 3.63) is 65.5 Å². The highest BCUT2D eigenvalue weighted by molar-refractivity contribution is 5.77. The molecule has 0 heterocycles. The van der Waals surface area contributed by atoms with E-state index in [1.807, 2.05) is 38.1 Å². The lowest BCUT2D eigenvalue weighted by molar-refractivity contribution is -0.125. The summed E-state index contributed by atoms with van der Waals surface area (Å²) in [4.78, 5) is 11.4. The summed E-state index contributed by atoms with van der Waals surface area (Å²) in [5, 5.41) is 0. The Labute approximate surface area is 135 Å². The Bertz CT molecular complexity index is 642. The summed E-state index contributed by atoms with van der Waals surface area (Å²) >= 11 is 0. The van der Waals surface area contributed by atoms with Crippen molar-refractivity contribution >= 4 is 5.91 Å². The van der Waals surface area contributed by atoms with Gasteiger partial charge in [-0.3, -0.25) is 10.2 Å². The molecular weight excluding hydrogens is 295 g/mol. The average Bonchev–Trinajstić information content (AvgIpc) is 2.55. The first-order chi connectivity index (χ1) is 11.1. The van der Waals surface area contributed by atoms with Crippen LogP contribution >= 0.6 is 0 Å². The largest absolute Gasteiger partial charge is 0.489 e. The Balaban J connectivity index is 1.80. The van der Waals surface area contributed by atoms with Crippen molar-refractivity contribution in [2.45, 2.75) is 27.0 Å². The number of benzene rings is 2. The highest BCUT2D eigenvalue weighted by Crippen LogP contribution is 2.15. The zero-order valence-electron chi connectivity index (χ0n) is 13.3. The van der Waals surface area contributed by atoms with Crippen LogP contribution in [0.2, 0.25) is 0 Å². The Hall–Kier alpha value is -2.40. The summed E-state index contributed by atoms with van der Waals surface area (Å²) in [6.45, 7) is 4.37. The van der Waals surface area contributed by atoms with Gasteiger partial charge in [-0.25, -0.2) is 9.82 Å². The molecule has 5 heteroatoms. The molecule has 0 spiro atoms. The number of amides is 1. The number of carbonyl (C=O) groups excluding carboxylic acids is 1. The van der Waals surface area contributed by atoms with Crippen LogP contribution in [0.4, 0.5) is 4.39 Å². The average molecular weight is 316 g/mol. The van der Waals surface area contributed by atoms with Crippen LogP contribution in [0.3, 0.4) is 0 Å². The van der Waals surface area contributed by atoms with Gasteiger partial charge in [0.25, 0.3) is 0 Å². The van der Waals surface area contributed by atoms with E-state index >= 15 is 0 Å². The van der Waals surface area contributed by atoms with Gasteiger partial charge in [0.1, 0.15) is 18.2 Å². The third kappa shape index (κ3) is 5.38. The quantitative estimate of drug-likeness (QED) is 0.771. The lowest BCUT2D eigenvalue weighted by atomic mass is 10.2. The van der Waals surface area contributed by atoms with Gasteiger partial charge in [0.05, 0.1) is 0 Å². The molecule has 0 atom stereocenters. The van der Waals surface area contributed by atoms with E-state index in [-0.39, 0.29) is 24.2 Å². The van der Waals surface area contributed by atoms with Crippen molar-refractivity contribution in [3.8, 4) is 5.75 Å². The summed E-state index contributed by atoms with van der Waals surface area (Å²) in [5.74, 6) is 0.295. The molecule has 0 saturated heterocycles. The third-order valence-electron chi connectivity index (χ3n) is 3.30. The number of hydrazine groups is 1. The number of rotatable bonds is 7. The van der Waals surface area contributed by atoms with E-state index in [0.29, 0.717) is 17.9 Å². The topological polar surface area (TPSA) is 50.4 Å². The number of halogens is 1. The number of nitrogens with one attached hydrogen (secondary N) is 2. The monoisotopic (exact) mass is 316 g/mol. The second-order valence-electron chi connectivity index (χ2n) is 5.52. The Kier molecular flexibility index (Phi) is 6.11. The van der Waals surface area contributed by atoms with Crippen molar-refractivity contribution < 1.29 is 13.9 Å². The molecule has 0 aromatic heterocycles. The molecular formula is C18H21FN2O2. The maximum Gasteiger partial charge on any atom is 0.236 e. The van der Waals surface area contributed by atoms with Gasteiger partial charge in [-0.2, -0.15) is 0 Å². The third-order valence-corrected chi connectivity index (χ3v) is 3.30. The van der Waals surface area contributed by atoms with Crippen LogP contribution in [-0.4, -0.2) is 5.91 Å². The minimum absolute atomic E-state index is 0.0464. The molecule has 23 heavy (non-hydrogen) atoms. The highest BCUT2D eigenvalue weighted by atomic mass is 19.1. The Morgan fingerprint density at radius 3 is 2.48 bits per heavy atom. The van der Waals surface area contributed by atoms with E-state index in [1.165, 1.54) is 6.07 Å². The van der Waals surface area contributed by atoms with Crippen LogP contribution in [0.1, 0.15) is 25.0 Å². The Morgan fingerprint density at radius 1 is 1.13 bits per heavy atom. The molecule has 0 aliphatic heterocycles. The molecule has 2 aromatic carbocycles. The van der Waals surface area contributed by atoms with Crippen molar-refractivity contribution in [2.75, 3.05) is 0 Å². The standard InChI is InChI=1S/C18H21FN2O2/c1-13(2)18(22)21-20-11-14-7-9-16(10-8-14)23-12-15-5-3-4-6-17(15)19/h3-10,13,20H,11-12H2,1-2H3,(H,21,22). The van der Waals surface area contributed by atoms with Gasteiger partial charge in [-0.15, -0.1) is 0 Å². The molecule has 2 N–H and O–H groups in total. The zero-order chi connectivity index (χ0) is 16.7. The fourth-order valence-electron chi connectivity index (χ4n) is 1.86. The fourth-order valence-corrected chi connectivity index (χ4v) is 1.86. The predicted octanol–water partition coefficient (Wildman–Crippen LogP) is 3.18. The molecule has 0 unspecified atom stereocenters. The number of hydrogen-bond acceptors (Lipinski definition) is 3. The van der Waals surface area contributed by atoms with Crippen LogP contribution in [-0.2, 0) is 17.9 Å². The van der Waals surface area contributed by atoms with Crippen molar-refractivity contribution in [1.29, 1.82) is 0 Å². The lowest BCUT2D eigenvalue weighted by Gasteiger charge is -2.10. The first-order valence-corrected chi connectivity index (χ1v) is 7.54. The van der Waals surface area contributed by atoms with E-state index < -0.39 is 0 Å². The molecule has 2 rings (SSSR count). The van der Waals surface area contributed by atoms with Crippen LogP contribution < -0.4 is 15.6 Å². The van der Waals surface area contributed by atoms with Crippen molar-refractivity contribution in [1.82, 2.24) is 10.9 Å². The van der Waals surface area contributed by atoms with Gasteiger partial charge in [0, 0.05) is 18.0 Å². The van der Waals surface area contributed by atoms with Gasteiger partial charge in [-0.1, -0.05) is 44.2 Å². The minimum atomic E-state index is -0.269. The number of ether oxygens (including phenoxy) is 1. The van der Waals surface area contributed by atoms with Crippen molar-refractivity contribution in [3.63, 3.8) is 0 Å². The van der Waals surface area contributed by atoms with Crippen LogP contribution in [0.5, 0.6) is 5.75 Å². The second kappa shape index (κ2) is 8.29. The SMILES string of the molecule is CC(C)C(=O)NNCc1ccc(OCc2ccccc2F)cc1. The van der Waals surface area contributed by atoms with E-state index in [1.54, 1.807) is 18.2 Å². The molecule has 0 bridgehead atoms. The van der Waals surface area contributed by atoms with Crippen LogP contribution in [0, 0.1) is 11.7 Å². The highest BCUT2D eigenvalue weighted by Gasteiger charge is 2.05. The summed E-state index contributed by atoms with van der Waals surface area (Å²) < 4.78 is 19.1. The van der Waals surface area contributed by atoms with Gasteiger partial charge in [-0.05, 0) is 23.8 Å². The molecule has 0 radical (unpaired) electrons. The molecule has 0 fully saturated rings. The van der Waals surface area contributed by atoms with Gasteiger partial charge < -0.3 is 4.74 Å². The van der Waals surface area contributed by atoms with E-state index in [0.717, 1.165) is 5.56 Å². The van der Waals surface area contributed by atoms with Gasteiger partial charge in [0.2, 0.25) is 5.91 Å². The molecule has 122 valence electrons. The zero-order valence-corrected chi connectivity index (χ0v) is 13.3. The first-order valence-electron chi connectivity index (χ1n) is 7.54. The van der Waals surface area contributed by atoms with E-state index in [4.69, 9.17) is 4.74 Å². The summed E-state index contributed by atoms with van der Waals surface area (Å²) in [5.41, 5.74) is 7.04. The Morgan fingerprint density at radius 2 is 1.83 bits per heavy atom. The molecule has 0 aliphatic rings. The molecule has 2 aromatic rings. The normalized spacial score (nSPS) is 10.6. The summed E-state index contributed by atoms with van der Waals surface area (Å²) in [7, 11) is 0. The van der Waals surface area contributed by atoms with E-state index in [2.05, 4.69) is 10.9 Å². The maximum atomic E-state index is 13.5. The lowest BCUT2D eigenvalue weighted by Crippen LogP contribution is -2.39. The van der Waals surface area contributed by atoms with Gasteiger partial charge in [0.15, 0.2) is 0 Å². The van der Waals surface area contributed by atoms with E-state index in [9.17, 15) is 9.18 Å². The number of carbonyl (C=O) groups is 1. The molecule has 4 nitrogen and oxygen atoms in total. The first kappa shape index (κ1) is 17.0. The second-order valence-corrected chi connectivity index (χ2v) is 5.52. The van der Waals surface area contributed by atoms with Crippen LogP contribution in [0.15, 0.2) is 48.5 Å². The van der Waals surface area contributed by atoms with Crippen LogP contribution in [0.25, 0.3) is 0 Å². The maximum absolute atomic E-state index is 13.5. The molecule has 1 amide bonds. The summed E-state index contributed by atoms with van der Waals surface area (Å²) in [6.07, 6.45) is 0. The van der Waals surface area contributed by atoms with Gasteiger partial charge >= 0.3 is 0 Å².